The van der Waals surface area contributed by atoms with Gasteiger partial charge in [0.2, 0.25) is 0 Å². The van der Waals surface area contributed by atoms with Crippen LogP contribution in [0, 0.1) is 0 Å². The first-order valence-electron chi connectivity index (χ1n) is 6.36. The fourth-order valence-electron chi connectivity index (χ4n) is 1.75. The molecule has 0 atom stereocenters. The SMILES string of the molecule is CCOc1c(Br)cc(Br)cc1CNC(C)(C)CCO. The Bertz CT molecular complexity index is 422. The molecule has 2 N–H and O–H groups in total. The minimum Gasteiger partial charge on any atom is -0.492 e. The third-order valence-corrected chi connectivity index (χ3v) is 3.92. The summed E-state index contributed by atoms with van der Waals surface area (Å²) >= 11 is 7.02. The summed E-state index contributed by atoms with van der Waals surface area (Å²) in [7, 11) is 0. The van der Waals surface area contributed by atoms with E-state index in [2.05, 4.69) is 57.1 Å². The van der Waals surface area contributed by atoms with Gasteiger partial charge >= 0.3 is 0 Å². The Balaban J connectivity index is 2.87. The number of ether oxygens (including phenoxy) is 1. The number of hydrogen-bond acceptors (Lipinski definition) is 3. The Morgan fingerprint density at radius 3 is 2.58 bits per heavy atom. The van der Waals surface area contributed by atoms with E-state index < -0.39 is 0 Å². The average Bonchev–Trinajstić information content (AvgIpc) is 2.30. The lowest BCUT2D eigenvalue weighted by Crippen LogP contribution is -2.39. The highest BCUT2D eigenvalue weighted by Crippen LogP contribution is 2.33. The van der Waals surface area contributed by atoms with Gasteiger partial charge in [0.1, 0.15) is 5.75 Å². The van der Waals surface area contributed by atoms with E-state index in [4.69, 9.17) is 9.84 Å². The highest BCUT2D eigenvalue weighted by atomic mass is 79.9. The van der Waals surface area contributed by atoms with Crippen LogP contribution < -0.4 is 10.1 Å². The normalized spacial score (nSPS) is 11.7. The molecule has 1 rings (SSSR count). The molecule has 0 fully saturated rings. The van der Waals surface area contributed by atoms with Crippen LogP contribution in [0.3, 0.4) is 0 Å². The highest BCUT2D eigenvalue weighted by Gasteiger charge is 2.18. The summed E-state index contributed by atoms with van der Waals surface area (Å²) in [5, 5.41) is 12.5. The van der Waals surface area contributed by atoms with Gasteiger partial charge in [0.25, 0.3) is 0 Å². The van der Waals surface area contributed by atoms with Crippen molar-refractivity contribution in [3.05, 3.63) is 26.6 Å². The Labute approximate surface area is 132 Å². The maximum atomic E-state index is 9.05. The molecule has 5 heteroatoms. The van der Waals surface area contributed by atoms with Crippen LogP contribution in [0.25, 0.3) is 0 Å². The number of aliphatic hydroxyl groups is 1. The minimum atomic E-state index is -0.104. The van der Waals surface area contributed by atoms with E-state index >= 15 is 0 Å². The van der Waals surface area contributed by atoms with Gasteiger partial charge in [-0.05, 0) is 55.3 Å². The quantitative estimate of drug-likeness (QED) is 0.737. The average molecular weight is 395 g/mol. The molecule has 1 aromatic rings. The Hall–Kier alpha value is -0.100. The number of rotatable bonds is 7. The van der Waals surface area contributed by atoms with Crippen LogP contribution >= 0.6 is 31.9 Å². The zero-order valence-electron chi connectivity index (χ0n) is 11.6. The molecule has 0 amide bonds. The third-order valence-electron chi connectivity index (χ3n) is 2.87. The number of hydrogen-bond donors (Lipinski definition) is 2. The molecule has 0 bridgehead atoms. The zero-order valence-corrected chi connectivity index (χ0v) is 14.8. The van der Waals surface area contributed by atoms with Gasteiger partial charge in [0, 0.05) is 28.7 Å². The van der Waals surface area contributed by atoms with Crippen LogP contribution in [0.1, 0.15) is 32.8 Å². The first-order chi connectivity index (χ1) is 8.89. The van der Waals surface area contributed by atoms with Crippen molar-refractivity contribution in [2.75, 3.05) is 13.2 Å². The molecular weight excluding hydrogens is 374 g/mol. The first-order valence-corrected chi connectivity index (χ1v) is 7.95. The van der Waals surface area contributed by atoms with E-state index in [0.29, 0.717) is 19.6 Å². The van der Waals surface area contributed by atoms with Gasteiger partial charge in [-0.2, -0.15) is 0 Å². The molecule has 0 heterocycles. The molecule has 1 aromatic carbocycles. The van der Waals surface area contributed by atoms with E-state index in [0.717, 1.165) is 20.3 Å². The van der Waals surface area contributed by atoms with Crippen LogP contribution in [-0.4, -0.2) is 23.9 Å². The van der Waals surface area contributed by atoms with Gasteiger partial charge in [0.05, 0.1) is 11.1 Å². The number of aliphatic hydroxyl groups excluding tert-OH is 1. The molecule has 0 saturated carbocycles. The maximum Gasteiger partial charge on any atom is 0.138 e. The predicted octanol–water partition coefficient (Wildman–Crippen LogP) is 3.86. The first kappa shape index (κ1) is 17.0. The van der Waals surface area contributed by atoms with Crippen molar-refractivity contribution >= 4 is 31.9 Å². The Kier molecular flexibility index (Phi) is 6.80. The second-order valence-corrected chi connectivity index (χ2v) is 6.79. The third kappa shape index (κ3) is 5.42. The molecule has 0 aromatic heterocycles. The van der Waals surface area contributed by atoms with Crippen LogP contribution in [-0.2, 0) is 6.54 Å². The fraction of sp³-hybridized carbons (Fsp3) is 0.571. The smallest absolute Gasteiger partial charge is 0.138 e. The lowest BCUT2D eigenvalue weighted by molar-refractivity contribution is 0.229. The summed E-state index contributed by atoms with van der Waals surface area (Å²) in [6.45, 7) is 7.64. The van der Waals surface area contributed by atoms with Crippen molar-refractivity contribution in [1.29, 1.82) is 0 Å². The zero-order chi connectivity index (χ0) is 14.5. The lowest BCUT2D eigenvalue weighted by Gasteiger charge is -2.26. The highest BCUT2D eigenvalue weighted by molar-refractivity contribution is 9.11. The van der Waals surface area contributed by atoms with E-state index in [1.165, 1.54) is 0 Å². The Morgan fingerprint density at radius 1 is 1.32 bits per heavy atom. The summed E-state index contributed by atoms with van der Waals surface area (Å²) in [6.07, 6.45) is 0.714. The largest absolute Gasteiger partial charge is 0.492 e. The second-order valence-electron chi connectivity index (χ2n) is 5.02. The predicted molar refractivity (Wildman–Crippen MR) is 85.6 cm³/mol. The van der Waals surface area contributed by atoms with Gasteiger partial charge in [-0.3, -0.25) is 0 Å². The van der Waals surface area contributed by atoms with E-state index in [-0.39, 0.29) is 12.1 Å². The summed E-state index contributed by atoms with van der Waals surface area (Å²) in [6, 6.07) is 4.03. The minimum absolute atomic E-state index is 0.104. The van der Waals surface area contributed by atoms with Crippen LogP contribution in [0.15, 0.2) is 21.1 Å². The molecular formula is C14H21Br2NO2. The standard InChI is InChI=1S/C14H21Br2NO2/c1-4-19-13-10(7-11(15)8-12(13)16)9-17-14(2,3)5-6-18/h7-8,17-18H,4-6,9H2,1-3H3. The molecule has 0 aliphatic carbocycles. The van der Waals surface area contributed by atoms with Crippen molar-refractivity contribution in [3.63, 3.8) is 0 Å². The van der Waals surface area contributed by atoms with Crippen molar-refractivity contribution in [2.24, 2.45) is 0 Å². The van der Waals surface area contributed by atoms with E-state index in [1.54, 1.807) is 0 Å². The van der Waals surface area contributed by atoms with Crippen LogP contribution in [0.4, 0.5) is 0 Å². The molecule has 0 radical (unpaired) electrons. The number of nitrogens with one attached hydrogen (secondary N) is 1. The number of halogens is 2. The molecule has 0 saturated heterocycles. The van der Waals surface area contributed by atoms with Gasteiger partial charge < -0.3 is 15.2 Å². The lowest BCUT2D eigenvalue weighted by atomic mass is 10.0. The molecule has 19 heavy (non-hydrogen) atoms. The summed E-state index contributed by atoms with van der Waals surface area (Å²) in [5.74, 6) is 0.873. The maximum absolute atomic E-state index is 9.05. The molecule has 3 nitrogen and oxygen atoms in total. The summed E-state index contributed by atoms with van der Waals surface area (Å²) in [4.78, 5) is 0. The monoisotopic (exact) mass is 393 g/mol. The van der Waals surface area contributed by atoms with Crippen LogP contribution in [0.5, 0.6) is 5.75 Å². The number of benzene rings is 1. The molecule has 0 unspecified atom stereocenters. The van der Waals surface area contributed by atoms with E-state index in [9.17, 15) is 0 Å². The molecule has 0 spiro atoms. The van der Waals surface area contributed by atoms with Gasteiger partial charge in [-0.25, -0.2) is 0 Å². The fourth-order valence-corrected chi connectivity index (χ4v) is 3.18. The van der Waals surface area contributed by atoms with Crippen molar-refractivity contribution in [2.45, 2.75) is 39.3 Å². The second kappa shape index (κ2) is 7.62. The van der Waals surface area contributed by atoms with E-state index in [1.807, 2.05) is 13.0 Å². The molecule has 0 aliphatic rings. The van der Waals surface area contributed by atoms with Crippen molar-refractivity contribution in [3.8, 4) is 5.75 Å². The van der Waals surface area contributed by atoms with Crippen molar-refractivity contribution < 1.29 is 9.84 Å². The van der Waals surface area contributed by atoms with Gasteiger partial charge in [-0.15, -0.1) is 0 Å². The topological polar surface area (TPSA) is 41.5 Å². The summed E-state index contributed by atoms with van der Waals surface area (Å²) < 4.78 is 7.65. The summed E-state index contributed by atoms with van der Waals surface area (Å²) in [5.41, 5.74) is 0.988. The van der Waals surface area contributed by atoms with Gasteiger partial charge in [0.15, 0.2) is 0 Å². The Morgan fingerprint density at radius 2 is 2.00 bits per heavy atom. The molecule has 0 aliphatic heterocycles. The molecule has 108 valence electrons. The van der Waals surface area contributed by atoms with Crippen molar-refractivity contribution in [1.82, 2.24) is 5.32 Å². The van der Waals surface area contributed by atoms with Gasteiger partial charge in [-0.1, -0.05) is 15.9 Å². The van der Waals surface area contributed by atoms with Crippen LogP contribution in [0.2, 0.25) is 0 Å².